The Morgan fingerprint density at radius 2 is 1.90 bits per heavy atom. The highest BCUT2D eigenvalue weighted by atomic mass is 35.5. The summed E-state index contributed by atoms with van der Waals surface area (Å²) in [6.07, 6.45) is 3.68. The molecule has 1 aromatic carbocycles. The summed E-state index contributed by atoms with van der Waals surface area (Å²) >= 11 is 6.40. The van der Waals surface area contributed by atoms with Gasteiger partial charge >= 0.3 is 0 Å². The Kier molecular flexibility index (Phi) is 7.28. The lowest BCUT2D eigenvalue weighted by molar-refractivity contribution is -0.122. The number of aromatic nitrogens is 2. The molecule has 1 fully saturated rings. The number of anilines is 1. The van der Waals surface area contributed by atoms with Crippen LogP contribution < -0.4 is 15.8 Å². The Labute approximate surface area is 176 Å². The van der Waals surface area contributed by atoms with Gasteiger partial charge in [0.1, 0.15) is 5.02 Å². The topological polar surface area (TPSA) is 70.5 Å². The number of halogens is 1. The summed E-state index contributed by atoms with van der Waals surface area (Å²) in [4.78, 5) is 29.0. The van der Waals surface area contributed by atoms with Crippen molar-refractivity contribution in [3.63, 3.8) is 0 Å². The van der Waals surface area contributed by atoms with Crippen LogP contribution in [0, 0.1) is 0 Å². The van der Waals surface area contributed by atoms with Crippen LogP contribution in [0.2, 0.25) is 5.02 Å². The van der Waals surface area contributed by atoms with Gasteiger partial charge in [0, 0.05) is 32.2 Å². The molecule has 3 rings (SSSR count). The van der Waals surface area contributed by atoms with E-state index in [-0.39, 0.29) is 22.5 Å². The van der Waals surface area contributed by atoms with Gasteiger partial charge < -0.3 is 10.2 Å². The van der Waals surface area contributed by atoms with E-state index in [1.807, 2.05) is 37.3 Å². The summed E-state index contributed by atoms with van der Waals surface area (Å²) in [7, 11) is 0. The molecule has 8 heteroatoms. The normalized spacial score (nSPS) is 15.9. The average molecular weight is 418 g/mol. The number of carbonyl (C=O) groups is 1. The van der Waals surface area contributed by atoms with E-state index in [2.05, 4.69) is 27.1 Å². The van der Waals surface area contributed by atoms with E-state index in [0.717, 1.165) is 25.9 Å². The zero-order valence-electron chi connectivity index (χ0n) is 17.0. The first-order chi connectivity index (χ1) is 14.0. The molecule has 1 saturated heterocycles. The van der Waals surface area contributed by atoms with Crippen LogP contribution >= 0.6 is 11.6 Å². The Morgan fingerprint density at radius 3 is 2.55 bits per heavy atom. The van der Waals surface area contributed by atoms with Crippen molar-refractivity contribution in [1.29, 1.82) is 0 Å². The zero-order chi connectivity index (χ0) is 20.8. The van der Waals surface area contributed by atoms with Gasteiger partial charge in [-0.3, -0.25) is 14.5 Å². The minimum atomic E-state index is -0.331. The molecule has 0 unspecified atom stereocenters. The summed E-state index contributed by atoms with van der Waals surface area (Å²) < 4.78 is 1.31. The Bertz CT molecular complexity index is 878. The van der Waals surface area contributed by atoms with Gasteiger partial charge in [0.15, 0.2) is 0 Å². The van der Waals surface area contributed by atoms with Crippen LogP contribution in [0.15, 0.2) is 41.3 Å². The molecule has 1 N–H and O–H groups in total. The Balaban J connectivity index is 1.60. The molecule has 0 saturated carbocycles. The van der Waals surface area contributed by atoms with E-state index in [4.69, 9.17) is 11.6 Å². The van der Waals surface area contributed by atoms with Gasteiger partial charge in [-0.2, -0.15) is 9.78 Å². The Hall–Kier alpha value is -2.38. The number of hydrogen-bond donors (Lipinski definition) is 1. The number of nitrogens with one attached hydrogen (secondary N) is 1. The van der Waals surface area contributed by atoms with Gasteiger partial charge in [0.05, 0.1) is 24.1 Å². The van der Waals surface area contributed by atoms with E-state index >= 15 is 0 Å². The molecule has 0 bridgehead atoms. The summed E-state index contributed by atoms with van der Waals surface area (Å²) in [5.74, 6) is 0.0598. The van der Waals surface area contributed by atoms with Crippen molar-refractivity contribution in [2.24, 2.45) is 0 Å². The van der Waals surface area contributed by atoms with Crippen LogP contribution in [0.3, 0.4) is 0 Å². The van der Waals surface area contributed by atoms with E-state index in [1.54, 1.807) is 6.20 Å². The third kappa shape index (κ3) is 5.36. The summed E-state index contributed by atoms with van der Waals surface area (Å²) in [5, 5.41) is 7.51. The molecule has 2 heterocycles. The minimum absolute atomic E-state index is 0.0598. The van der Waals surface area contributed by atoms with Crippen molar-refractivity contribution in [3.8, 4) is 5.69 Å². The maximum Gasteiger partial charge on any atom is 0.292 e. The lowest BCUT2D eigenvalue weighted by Crippen LogP contribution is -2.50. The number of para-hydroxylation sites is 1. The van der Waals surface area contributed by atoms with Crippen LogP contribution in [-0.2, 0) is 4.79 Å². The van der Waals surface area contributed by atoms with Gasteiger partial charge in [-0.1, -0.05) is 43.1 Å². The maximum atomic E-state index is 12.7. The molecule has 1 aliphatic heterocycles. The molecule has 29 heavy (non-hydrogen) atoms. The lowest BCUT2D eigenvalue weighted by Gasteiger charge is -2.36. The van der Waals surface area contributed by atoms with Gasteiger partial charge in [0.2, 0.25) is 5.91 Å². The zero-order valence-corrected chi connectivity index (χ0v) is 17.7. The monoisotopic (exact) mass is 417 g/mol. The van der Waals surface area contributed by atoms with Crippen LogP contribution in [0.4, 0.5) is 5.69 Å². The predicted octanol–water partition coefficient (Wildman–Crippen LogP) is 2.31. The SMILES string of the molecule is CCC[C@@H](C)NC(=O)CN1CCN(c2cnn(-c3ccccc3)c(=O)c2Cl)CC1. The van der Waals surface area contributed by atoms with E-state index < -0.39 is 0 Å². The second-order valence-corrected chi connectivity index (χ2v) is 7.79. The molecule has 1 aliphatic rings. The maximum absolute atomic E-state index is 12.7. The van der Waals surface area contributed by atoms with Crippen molar-refractivity contribution in [3.05, 3.63) is 51.9 Å². The molecule has 0 radical (unpaired) electrons. The average Bonchev–Trinajstić information content (AvgIpc) is 2.71. The van der Waals surface area contributed by atoms with Crippen LogP contribution in [0.25, 0.3) is 5.69 Å². The molecule has 0 aliphatic carbocycles. The third-order valence-electron chi connectivity index (χ3n) is 5.11. The summed E-state index contributed by atoms with van der Waals surface area (Å²) in [5.41, 5.74) is 0.991. The van der Waals surface area contributed by atoms with Crippen LogP contribution in [0.5, 0.6) is 0 Å². The minimum Gasteiger partial charge on any atom is -0.366 e. The fourth-order valence-corrected chi connectivity index (χ4v) is 3.82. The first kappa shape index (κ1) is 21.3. The summed E-state index contributed by atoms with van der Waals surface area (Å²) in [6, 6.07) is 9.42. The molecule has 0 spiro atoms. The number of benzene rings is 1. The molecule has 1 amide bonds. The number of nitrogens with zero attached hydrogens (tertiary/aromatic N) is 4. The van der Waals surface area contributed by atoms with Gasteiger partial charge in [-0.05, 0) is 25.5 Å². The predicted molar refractivity (Wildman–Crippen MR) is 116 cm³/mol. The molecule has 156 valence electrons. The van der Waals surface area contributed by atoms with Gasteiger partial charge in [0.25, 0.3) is 5.56 Å². The van der Waals surface area contributed by atoms with Crippen LogP contribution in [-0.4, -0.2) is 59.4 Å². The molecule has 1 atom stereocenters. The number of hydrogen-bond acceptors (Lipinski definition) is 5. The van der Waals surface area contributed by atoms with Crippen molar-refractivity contribution >= 4 is 23.2 Å². The Morgan fingerprint density at radius 1 is 1.21 bits per heavy atom. The largest absolute Gasteiger partial charge is 0.366 e. The third-order valence-corrected chi connectivity index (χ3v) is 5.47. The number of carbonyl (C=O) groups excluding carboxylic acids is 1. The molecule has 1 aromatic heterocycles. The van der Waals surface area contributed by atoms with Crippen molar-refractivity contribution in [2.75, 3.05) is 37.6 Å². The first-order valence-corrected chi connectivity index (χ1v) is 10.5. The molecule has 2 aromatic rings. The second kappa shape index (κ2) is 9.89. The lowest BCUT2D eigenvalue weighted by atomic mass is 10.2. The highest BCUT2D eigenvalue weighted by Gasteiger charge is 2.23. The van der Waals surface area contributed by atoms with E-state index in [9.17, 15) is 9.59 Å². The molecular weight excluding hydrogens is 390 g/mol. The van der Waals surface area contributed by atoms with Crippen LogP contribution in [0.1, 0.15) is 26.7 Å². The second-order valence-electron chi connectivity index (χ2n) is 7.42. The highest BCUT2D eigenvalue weighted by molar-refractivity contribution is 6.33. The van der Waals surface area contributed by atoms with Crippen molar-refractivity contribution in [2.45, 2.75) is 32.7 Å². The first-order valence-electron chi connectivity index (χ1n) is 10.1. The molecule has 7 nitrogen and oxygen atoms in total. The van der Waals surface area contributed by atoms with Gasteiger partial charge in [-0.25, -0.2) is 0 Å². The fourth-order valence-electron chi connectivity index (χ4n) is 3.57. The quantitative estimate of drug-likeness (QED) is 0.748. The van der Waals surface area contributed by atoms with Crippen molar-refractivity contribution in [1.82, 2.24) is 20.0 Å². The molecular formula is C21H28ClN5O2. The highest BCUT2D eigenvalue weighted by Crippen LogP contribution is 2.23. The van der Waals surface area contributed by atoms with Gasteiger partial charge in [-0.15, -0.1) is 0 Å². The number of rotatable bonds is 7. The number of piperazine rings is 1. The standard InChI is InChI=1S/C21H28ClN5O2/c1-3-7-16(2)24-19(28)15-25-10-12-26(13-11-25)18-14-23-27(21(29)20(18)22)17-8-5-4-6-9-17/h4-6,8-9,14,16H,3,7,10-13,15H2,1-2H3,(H,24,28)/t16-/m1/s1. The smallest absolute Gasteiger partial charge is 0.292 e. The van der Waals surface area contributed by atoms with E-state index in [1.165, 1.54) is 4.68 Å². The van der Waals surface area contributed by atoms with Crippen molar-refractivity contribution < 1.29 is 4.79 Å². The number of amides is 1. The summed E-state index contributed by atoms with van der Waals surface area (Å²) in [6.45, 7) is 7.37. The fraction of sp³-hybridized carbons (Fsp3) is 0.476. The van der Waals surface area contributed by atoms with E-state index in [0.29, 0.717) is 31.0 Å².